The second-order valence-corrected chi connectivity index (χ2v) is 5.29. The van der Waals surface area contributed by atoms with Crippen molar-refractivity contribution in [3.8, 4) is 0 Å². The Labute approximate surface area is 123 Å². The summed E-state index contributed by atoms with van der Waals surface area (Å²) in [5, 5.41) is 14.6. The molecule has 0 bridgehead atoms. The van der Waals surface area contributed by atoms with E-state index in [1.165, 1.54) is 0 Å². The summed E-state index contributed by atoms with van der Waals surface area (Å²) in [6.07, 6.45) is 4.44. The van der Waals surface area contributed by atoms with Crippen molar-refractivity contribution in [3.63, 3.8) is 0 Å². The number of hydrogen-bond donors (Lipinski definition) is 3. The third-order valence-corrected chi connectivity index (χ3v) is 3.65. The minimum absolute atomic E-state index is 0.0567. The monoisotopic (exact) mass is 294 g/mol. The summed E-state index contributed by atoms with van der Waals surface area (Å²) < 4.78 is 5.21. The van der Waals surface area contributed by atoms with Gasteiger partial charge in [0.1, 0.15) is 5.76 Å². The van der Waals surface area contributed by atoms with Gasteiger partial charge in [-0.15, -0.1) is 0 Å². The van der Waals surface area contributed by atoms with Gasteiger partial charge in [-0.2, -0.15) is 0 Å². The molecule has 1 aliphatic rings. The molecule has 1 aliphatic heterocycles. The standard InChI is InChI=1S/C14H22N4O3/c15-13(17-20)10-18-7-5-11(6-8-18)16-14(19)4-3-12-2-1-9-21-12/h1-2,9,11,20H,3-8,10H2,(H2,15,17)(H,16,19). The zero-order chi connectivity index (χ0) is 15.1. The number of amides is 1. The first-order valence-electron chi connectivity index (χ1n) is 7.18. The van der Waals surface area contributed by atoms with Gasteiger partial charge in [-0.25, -0.2) is 0 Å². The predicted octanol–water partition coefficient (Wildman–Crippen LogP) is 0.539. The second-order valence-electron chi connectivity index (χ2n) is 5.29. The fourth-order valence-electron chi connectivity index (χ4n) is 2.49. The molecule has 0 radical (unpaired) electrons. The van der Waals surface area contributed by atoms with Gasteiger partial charge < -0.3 is 20.7 Å². The fraction of sp³-hybridized carbons (Fsp3) is 0.571. The molecule has 4 N–H and O–H groups in total. The maximum atomic E-state index is 11.9. The lowest BCUT2D eigenvalue weighted by Gasteiger charge is -2.31. The van der Waals surface area contributed by atoms with Crippen LogP contribution < -0.4 is 11.1 Å². The summed E-state index contributed by atoms with van der Waals surface area (Å²) in [7, 11) is 0. The van der Waals surface area contributed by atoms with Crippen LogP contribution in [0.5, 0.6) is 0 Å². The number of aryl methyl sites for hydroxylation is 1. The normalized spacial score (nSPS) is 17.8. The van der Waals surface area contributed by atoms with Crippen LogP contribution >= 0.6 is 0 Å². The van der Waals surface area contributed by atoms with Crippen molar-refractivity contribution >= 4 is 11.7 Å². The maximum Gasteiger partial charge on any atom is 0.220 e. The SMILES string of the molecule is NC(CN1CCC(NC(=O)CCc2ccco2)CC1)=NO. The van der Waals surface area contributed by atoms with Crippen molar-refractivity contribution in [1.82, 2.24) is 10.2 Å². The van der Waals surface area contributed by atoms with Crippen LogP contribution in [0.25, 0.3) is 0 Å². The molecule has 21 heavy (non-hydrogen) atoms. The van der Waals surface area contributed by atoms with E-state index >= 15 is 0 Å². The van der Waals surface area contributed by atoms with Crippen molar-refractivity contribution < 1.29 is 14.4 Å². The number of nitrogens with one attached hydrogen (secondary N) is 1. The van der Waals surface area contributed by atoms with Crippen LogP contribution in [0.1, 0.15) is 25.0 Å². The van der Waals surface area contributed by atoms with E-state index in [1.54, 1.807) is 6.26 Å². The molecule has 0 spiro atoms. The Hall–Kier alpha value is -2.02. The van der Waals surface area contributed by atoms with Crippen LogP contribution in [0.3, 0.4) is 0 Å². The van der Waals surface area contributed by atoms with Gasteiger partial charge in [-0.1, -0.05) is 5.16 Å². The lowest BCUT2D eigenvalue weighted by atomic mass is 10.0. The summed E-state index contributed by atoms with van der Waals surface area (Å²) in [5.41, 5.74) is 5.48. The molecule has 2 rings (SSSR count). The molecular weight excluding hydrogens is 272 g/mol. The number of nitrogens with two attached hydrogens (primary N) is 1. The van der Waals surface area contributed by atoms with Gasteiger partial charge in [-0.05, 0) is 25.0 Å². The Morgan fingerprint density at radius 1 is 1.52 bits per heavy atom. The number of rotatable bonds is 6. The van der Waals surface area contributed by atoms with E-state index in [0.717, 1.165) is 31.7 Å². The molecule has 1 amide bonds. The highest BCUT2D eigenvalue weighted by Gasteiger charge is 2.21. The molecule has 2 heterocycles. The fourth-order valence-corrected chi connectivity index (χ4v) is 2.49. The number of nitrogens with zero attached hydrogens (tertiary/aromatic N) is 2. The van der Waals surface area contributed by atoms with Gasteiger partial charge in [0.05, 0.1) is 12.8 Å². The molecule has 0 unspecified atom stereocenters. The van der Waals surface area contributed by atoms with Crippen LogP contribution in [-0.2, 0) is 11.2 Å². The summed E-state index contributed by atoms with van der Waals surface area (Å²) in [6.45, 7) is 2.13. The molecular formula is C14H22N4O3. The molecule has 1 aromatic rings. The number of carbonyl (C=O) groups is 1. The van der Waals surface area contributed by atoms with E-state index in [-0.39, 0.29) is 17.8 Å². The van der Waals surface area contributed by atoms with Crippen LogP contribution in [0.15, 0.2) is 28.0 Å². The molecule has 116 valence electrons. The highest BCUT2D eigenvalue weighted by Crippen LogP contribution is 2.10. The number of oxime groups is 1. The average molecular weight is 294 g/mol. The number of carbonyl (C=O) groups excluding carboxylic acids is 1. The maximum absolute atomic E-state index is 11.9. The number of hydrogen-bond acceptors (Lipinski definition) is 5. The molecule has 7 heteroatoms. The molecule has 1 saturated heterocycles. The lowest BCUT2D eigenvalue weighted by molar-refractivity contribution is -0.122. The summed E-state index contributed by atoms with van der Waals surface area (Å²) in [6, 6.07) is 3.90. The van der Waals surface area contributed by atoms with E-state index < -0.39 is 0 Å². The number of piperidine rings is 1. The largest absolute Gasteiger partial charge is 0.469 e. The highest BCUT2D eigenvalue weighted by atomic mass is 16.4. The number of furan rings is 1. The van der Waals surface area contributed by atoms with Gasteiger partial charge >= 0.3 is 0 Å². The van der Waals surface area contributed by atoms with Crippen molar-refractivity contribution in [2.75, 3.05) is 19.6 Å². The van der Waals surface area contributed by atoms with Gasteiger partial charge in [0.15, 0.2) is 5.84 Å². The van der Waals surface area contributed by atoms with Crippen LogP contribution in [-0.4, -0.2) is 47.5 Å². The topological polar surface area (TPSA) is 104 Å². The summed E-state index contributed by atoms with van der Waals surface area (Å²) >= 11 is 0. The van der Waals surface area contributed by atoms with Crippen molar-refractivity contribution in [1.29, 1.82) is 0 Å². The number of amidine groups is 1. The third-order valence-electron chi connectivity index (χ3n) is 3.65. The van der Waals surface area contributed by atoms with Crippen molar-refractivity contribution in [3.05, 3.63) is 24.2 Å². The first-order chi connectivity index (χ1) is 10.2. The molecule has 1 fully saturated rings. The van der Waals surface area contributed by atoms with Crippen molar-refractivity contribution in [2.45, 2.75) is 31.7 Å². The first kappa shape index (κ1) is 15.4. The predicted molar refractivity (Wildman–Crippen MR) is 78.0 cm³/mol. The Morgan fingerprint density at radius 2 is 2.29 bits per heavy atom. The van der Waals surface area contributed by atoms with Gasteiger partial charge in [-0.3, -0.25) is 9.69 Å². The lowest BCUT2D eigenvalue weighted by Crippen LogP contribution is -2.46. The molecule has 1 aromatic heterocycles. The Morgan fingerprint density at radius 3 is 2.90 bits per heavy atom. The molecule has 7 nitrogen and oxygen atoms in total. The molecule has 0 atom stereocenters. The van der Waals surface area contributed by atoms with E-state index in [9.17, 15) is 4.79 Å². The molecule has 0 aromatic carbocycles. The van der Waals surface area contributed by atoms with E-state index in [0.29, 0.717) is 19.4 Å². The van der Waals surface area contributed by atoms with E-state index in [2.05, 4.69) is 15.4 Å². The van der Waals surface area contributed by atoms with E-state index in [4.69, 9.17) is 15.4 Å². The van der Waals surface area contributed by atoms with Crippen LogP contribution in [0.2, 0.25) is 0 Å². The minimum atomic E-state index is 0.0567. The highest BCUT2D eigenvalue weighted by molar-refractivity contribution is 5.81. The Balaban J connectivity index is 1.65. The molecule has 0 aliphatic carbocycles. The van der Waals surface area contributed by atoms with Gasteiger partial charge in [0.25, 0.3) is 0 Å². The first-order valence-corrected chi connectivity index (χ1v) is 7.18. The Kier molecular flexibility index (Phi) is 5.62. The summed E-state index contributed by atoms with van der Waals surface area (Å²) in [4.78, 5) is 14.0. The average Bonchev–Trinajstić information content (AvgIpc) is 3.00. The quantitative estimate of drug-likeness (QED) is 0.307. The van der Waals surface area contributed by atoms with Crippen molar-refractivity contribution in [2.24, 2.45) is 10.9 Å². The smallest absolute Gasteiger partial charge is 0.220 e. The Bertz CT molecular complexity index is 465. The van der Waals surface area contributed by atoms with Crippen LogP contribution in [0.4, 0.5) is 0 Å². The third kappa shape index (κ3) is 5.11. The zero-order valence-electron chi connectivity index (χ0n) is 12.0. The number of likely N-dealkylation sites (tertiary alicyclic amines) is 1. The molecule has 0 saturated carbocycles. The van der Waals surface area contributed by atoms with Crippen LogP contribution in [0, 0.1) is 0 Å². The minimum Gasteiger partial charge on any atom is -0.469 e. The summed E-state index contributed by atoms with van der Waals surface area (Å²) in [5.74, 6) is 1.11. The van der Waals surface area contributed by atoms with Gasteiger partial charge in [0, 0.05) is 32.0 Å². The van der Waals surface area contributed by atoms with E-state index in [1.807, 2.05) is 12.1 Å². The van der Waals surface area contributed by atoms with Gasteiger partial charge in [0.2, 0.25) is 5.91 Å². The second kappa shape index (κ2) is 7.68. The zero-order valence-corrected chi connectivity index (χ0v) is 12.0.